The van der Waals surface area contributed by atoms with Crippen molar-refractivity contribution in [2.24, 2.45) is 17.8 Å². The Morgan fingerprint density at radius 1 is 1.18 bits per heavy atom. The summed E-state index contributed by atoms with van der Waals surface area (Å²) in [5, 5.41) is 9.19. The summed E-state index contributed by atoms with van der Waals surface area (Å²) >= 11 is 0. The molecule has 0 heterocycles. The van der Waals surface area contributed by atoms with E-state index in [9.17, 15) is 14.7 Å². The molecule has 120 valence electrons. The van der Waals surface area contributed by atoms with E-state index in [4.69, 9.17) is 4.74 Å². The summed E-state index contributed by atoms with van der Waals surface area (Å²) < 4.78 is 5.71. The molecule has 1 aromatic carbocycles. The van der Waals surface area contributed by atoms with Crippen LogP contribution >= 0.6 is 0 Å². The first-order chi connectivity index (χ1) is 10.4. The molecule has 1 fully saturated rings. The van der Waals surface area contributed by atoms with Gasteiger partial charge in [-0.3, -0.25) is 0 Å². The first-order valence-corrected chi connectivity index (χ1v) is 7.93. The van der Waals surface area contributed by atoms with Gasteiger partial charge in [0.25, 0.3) is 0 Å². The number of hydrogen-bond donors (Lipinski definition) is 1. The third kappa shape index (κ3) is 3.67. The summed E-state index contributed by atoms with van der Waals surface area (Å²) in [6, 6.07) is 6.22. The standard InChI is InChI=1S/C18H24O4/c1-11(2)13-9-8-12(3)10-16(13)22-18(21)15-7-5-4-6-14(15)17(19)20/h4-7,11-13,16H,8-10H2,1-3H3,(H,19,20)/t12-,13?,16?/m1/s1. The van der Waals surface area contributed by atoms with Gasteiger partial charge >= 0.3 is 11.9 Å². The lowest BCUT2D eigenvalue weighted by molar-refractivity contribution is -0.0176. The molecule has 0 amide bonds. The van der Waals surface area contributed by atoms with Gasteiger partial charge in [-0.1, -0.05) is 39.3 Å². The molecule has 22 heavy (non-hydrogen) atoms. The fraction of sp³-hybridized carbons (Fsp3) is 0.556. The Bertz CT molecular complexity index is 550. The van der Waals surface area contributed by atoms with E-state index in [1.54, 1.807) is 12.1 Å². The van der Waals surface area contributed by atoms with E-state index < -0.39 is 11.9 Å². The zero-order chi connectivity index (χ0) is 16.3. The zero-order valence-corrected chi connectivity index (χ0v) is 13.4. The minimum absolute atomic E-state index is 0.00236. The van der Waals surface area contributed by atoms with E-state index in [0.29, 0.717) is 17.8 Å². The van der Waals surface area contributed by atoms with Crippen molar-refractivity contribution in [2.45, 2.75) is 46.1 Å². The van der Waals surface area contributed by atoms with Crippen LogP contribution in [0, 0.1) is 17.8 Å². The average Bonchev–Trinajstić information content (AvgIpc) is 2.46. The van der Waals surface area contributed by atoms with Crippen LogP contribution in [-0.4, -0.2) is 23.1 Å². The Kier molecular flexibility index (Phi) is 5.22. The molecule has 1 saturated carbocycles. The number of benzene rings is 1. The van der Waals surface area contributed by atoms with Gasteiger partial charge in [0.15, 0.2) is 0 Å². The van der Waals surface area contributed by atoms with Crippen molar-refractivity contribution in [1.29, 1.82) is 0 Å². The number of ether oxygens (including phenoxy) is 1. The molecular weight excluding hydrogens is 280 g/mol. The van der Waals surface area contributed by atoms with Crippen molar-refractivity contribution in [3.63, 3.8) is 0 Å². The van der Waals surface area contributed by atoms with Gasteiger partial charge in [-0.2, -0.15) is 0 Å². The minimum Gasteiger partial charge on any atom is -0.478 e. The molecule has 0 bridgehead atoms. The van der Waals surface area contributed by atoms with Crippen LogP contribution in [-0.2, 0) is 4.74 Å². The zero-order valence-electron chi connectivity index (χ0n) is 13.4. The molecule has 0 radical (unpaired) electrons. The summed E-state index contributed by atoms with van der Waals surface area (Å²) in [6.07, 6.45) is 2.93. The molecule has 2 unspecified atom stereocenters. The van der Waals surface area contributed by atoms with Crippen LogP contribution in [0.2, 0.25) is 0 Å². The lowest BCUT2D eigenvalue weighted by Crippen LogP contribution is -2.36. The molecule has 1 N–H and O–H groups in total. The number of carboxylic acids is 1. The van der Waals surface area contributed by atoms with E-state index in [2.05, 4.69) is 20.8 Å². The molecule has 1 aromatic rings. The van der Waals surface area contributed by atoms with Gasteiger partial charge in [0, 0.05) is 0 Å². The predicted molar refractivity (Wildman–Crippen MR) is 83.9 cm³/mol. The Labute approximate surface area is 131 Å². The fourth-order valence-electron chi connectivity index (χ4n) is 3.30. The Balaban J connectivity index is 2.18. The predicted octanol–water partition coefficient (Wildman–Crippen LogP) is 4.00. The van der Waals surface area contributed by atoms with E-state index in [1.807, 2.05) is 0 Å². The summed E-state index contributed by atoms with van der Waals surface area (Å²) in [6.45, 7) is 6.46. The number of aromatic carboxylic acids is 1. The quantitative estimate of drug-likeness (QED) is 0.854. The molecule has 4 heteroatoms. The van der Waals surface area contributed by atoms with Gasteiger partial charge in [-0.15, -0.1) is 0 Å². The summed E-state index contributed by atoms with van der Waals surface area (Å²) in [4.78, 5) is 23.7. The topological polar surface area (TPSA) is 63.6 Å². The van der Waals surface area contributed by atoms with Crippen LogP contribution in [0.4, 0.5) is 0 Å². The fourth-order valence-corrected chi connectivity index (χ4v) is 3.30. The molecule has 4 nitrogen and oxygen atoms in total. The van der Waals surface area contributed by atoms with Crippen LogP contribution in [0.1, 0.15) is 60.7 Å². The van der Waals surface area contributed by atoms with Crippen LogP contribution in [0.3, 0.4) is 0 Å². The maximum Gasteiger partial charge on any atom is 0.339 e. The van der Waals surface area contributed by atoms with E-state index in [0.717, 1.165) is 19.3 Å². The van der Waals surface area contributed by atoms with Gasteiger partial charge in [0.05, 0.1) is 11.1 Å². The second kappa shape index (κ2) is 6.95. The van der Waals surface area contributed by atoms with Crippen molar-refractivity contribution in [1.82, 2.24) is 0 Å². The smallest absolute Gasteiger partial charge is 0.339 e. The number of hydrogen-bond acceptors (Lipinski definition) is 3. The maximum atomic E-state index is 12.4. The van der Waals surface area contributed by atoms with Crippen LogP contribution in [0.15, 0.2) is 24.3 Å². The van der Waals surface area contributed by atoms with E-state index in [1.165, 1.54) is 12.1 Å². The maximum absolute atomic E-state index is 12.4. The van der Waals surface area contributed by atoms with Gasteiger partial charge in [-0.25, -0.2) is 9.59 Å². The lowest BCUT2D eigenvalue weighted by atomic mass is 9.75. The molecule has 3 atom stereocenters. The number of carboxylic acid groups (broad SMARTS) is 1. The van der Waals surface area contributed by atoms with Crippen LogP contribution in [0.5, 0.6) is 0 Å². The molecule has 0 aromatic heterocycles. The molecule has 0 spiro atoms. The van der Waals surface area contributed by atoms with Crippen molar-refractivity contribution in [3.05, 3.63) is 35.4 Å². The summed E-state index contributed by atoms with van der Waals surface area (Å²) in [7, 11) is 0. The average molecular weight is 304 g/mol. The normalized spacial score (nSPS) is 25.0. The highest BCUT2D eigenvalue weighted by Crippen LogP contribution is 2.35. The molecule has 1 aliphatic carbocycles. The van der Waals surface area contributed by atoms with Gasteiger partial charge in [0.1, 0.15) is 6.10 Å². The van der Waals surface area contributed by atoms with Gasteiger partial charge in [0.2, 0.25) is 0 Å². The first-order valence-electron chi connectivity index (χ1n) is 7.93. The van der Waals surface area contributed by atoms with Crippen molar-refractivity contribution in [2.75, 3.05) is 0 Å². The Morgan fingerprint density at radius 2 is 1.82 bits per heavy atom. The molecule has 1 aliphatic rings. The molecule has 0 aliphatic heterocycles. The van der Waals surface area contributed by atoms with Crippen molar-refractivity contribution < 1.29 is 19.4 Å². The van der Waals surface area contributed by atoms with Crippen molar-refractivity contribution in [3.8, 4) is 0 Å². The third-order valence-electron chi connectivity index (χ3n) is 4.60. The molecule has 0 saturated heterocycles. The second-order valence-electron chi connectivity index (χ2n) is 6.62. The largest absolute Gasteiger partial charge is 0.478 e. The number of carbonyl (C=O) groups excluding carboxylic acids is 1. The van der Waals surface area contributed by atoms with Crippen LogP contribution in [0.25, 0.3) is 0 Å². The molecule has 2 rings (SSSR count). The summed E-state index contributed by atoms with van der Waals surface area (Å²) in [5.74, 6) is -0.313. The number of carbonyl (C=O) groups is 2. The lowest BCUT2D eigenvalue weighted by Gasteiger charge is -2.36. The van der Waals surface area contributed by atoms with Crippen molar-refractivity contribution >= 4 is 11.9 Å². The number of esters is 1. The Morgan fingerprint density at radius 3 is 2.41 bits per heavy atom. The second-order valence-corrected chi connectivity index (χ2v) is 6.62. The highest BCUT2D eigenvalue weighted by atomic mass is 16.5. The summed E-state index contributed by atoms with van der Waals surface area (Å²) in [5.41, 5.74) is 0.133. The highest BCUT2D eigenvalue weighted by Gasteiger charge is 2.34. The number of rotatable bonds is 4. The highest BCUT2D eigenvalue weighted by molar-refractivity contribution is 6.02. The molecular formula is C18H24O4. The first kappa shape index (κ1) is 16.5. The van der Waals surface area contributed by atoms with E-state index in [-0.39, 0.29) is 17.2 Å². The third-order valence-corrected chi connectivity index (χ3v) is 4.60. The SMILES string of the molecule is CC(C)C1CC[C@@H](C)CC1OC(=O)c1ccccc1C(=O)O. The monoisotopic (exact) mass is 304 g/mol. The van der Waals surface area contributed by atoms with Gasteiger partial charge < -0.3 is 9.84 Å². The minimum atomic E-state index is -1.11. The van der Waals surface area contributed by atoms with E-state index >= 15 is 0 Å². The van der Waals surface area contributed by atoms with Gasteiger partial charge in [-0.05, 0) is 42.7 Å². The Hall–Kier alpha value is -1.84. The van der Waals surface area contributed by atoms with Crippen LogP contribution < -0.4 is 0 Å².